The largest absolute Gasteiger partial charge is 0.390 e. The van der Waals surface area contributed by atoms with Crippen molar-refractivity contribution >= 4 is 0 Å². The van der Waals surface area contributed by atoms with Gasteiger partial charge >= 0.3 is 0 Å². The maximum atomic E-state index is 10.7. The summed E-state index contributed by atoms with van der Waals surface area (Å²) in [7, 11) is 0. The van der Waals surface area contributed by atoms with Gasteiger partial charge in [-0.2, -0.15) is 0 Å². The maximum absolute atomic E-state index is 10.7. The highest BCUT2D eigenvalue weighted by Gasteiger charge is 2.38. The lowest BCUT2D eigenvalue weighted by Gasteiger charge is -2.32. The van der Waals surface area contributed by atoms with Gasteiger partial charge in [0.15, 0.2) is 0 Å². The van der Waals surface area contributed by atoms with Crippen LogP contribution in [0.15, 0.2) is 24.3 Å². The van der Waals surface area contributed by atoms with Crippen molar-refractivity contribution in [3.63, 3.8) is 0 Å². The number of hydrogen-bond acceptors (Lipinski definition) is 1. The van der Waals surface area contributed by atoms with Crippen molar-refractivity contribution < 1.29 is 5.11 Å². The van der Waals surface area contributed by atoms with Crippen LogP contribution in [0.3, 0.4) is 0 Å². The molecule has 0 aromatic heterocycles. The van der Waals surface area contributed by atoms with Gasteiger partial charge in [0.05, 0.1) is 5.60 Å². The van der Waals surface area contributed by atoms with Crippen LogP contribution < -0.4 is 0 Å². The highest BCUT2D eigenvalue weighted by Crippen LogP contribution is 2.44. The molecular formula is C17H24O. The summed E-state index contributed by atoms with van der Waals surface area (Å²) in [5, 5.41) is 10.7. The maximum Gasteiger partial charge on any atom is 0.0656 e. The van der Waals surface area contributed by atoms with E-state index >= 15 is 0 Å². The summed E-state index contributed by atoms with van der Waals surface area (Å²) in [5.74, 6) is 1.29. The summed E-state index contributed by atoms with van der Waals surface area (Å²) in [5.41, 5.74) is 2.65. The first-order chi connectivity index (χ1) is 8.66. The van der Waals surface area contributed by atoms with Crippen LogP contribution in [0.4, 0.5) is 0 Å². The number of benzene rings is 1. The fourth-order valence-electron chi connectivity index (χ4n) is 4.08. The second kappa shape index (κ2) is 4.70. The number of aryl methyl sites for hydroxylation is 1. The van der Waals surface area contributed by atoms with E-state index in [0.717, 1.165) is 19.3 Å². The monoisotopic (exact) mass is 244 g/mol. The quantitative estimate of drug-likeness (QED) is 0.832. The topological polar surface area (TPSA) is 20.2 Å². The zero-order chi connectivity index (χ0) is 12.6. The first kappa shape index (κ1) is 12.2. The standard InChI is InChI=1S/C17H24O/c1-13-9-10-17(18,11-13)12-15-7-4-6-14-5-2-3-8-16(14)15/h2-3,5,8,13,15,18H,4,6-7,9-12H2,1H3. The molecule has 98 valence electrons. The Bertz CT molecular complexity index is 425. The van der Waals surface area contributed by atoms with Gasteiger partial charge in [0.1, 0.15) is 0 Å². The Hall–Kier alpha value is -0.820. The number of rotatable bonds is 2. The second-order valence-corrected chi connectivity index (χ2v) is 6.56. The summed E-state index contributed by atoms with van der Waals surface area (Å²) in [4.78, 5) is 0. The van der Waals surface area contributed by atoms with Crippen LogP contribution in [0.2, 0.25) is 0 Å². The van der Waals surface area contributed by atoms with Crippen molar-refractivity contribution in [1.29, 1.82) is 0 Å². The molecule has 3 atom stereocenters. The Kier molecular flexibility index (Phi) is 3.19. The molecule has 1 heteroatoms. The van der Waals surface area contributed by atoms with Gasteiger partial charge in [-0.1, -0.05) is 31.2 Å². The third-order valence-electron chi connectivity index (χ3n) is 4.95. The minimum atomic E-state index is -0.380. The molecule has 1 aromatic carbocycles. The lowest BCUT2D eigenvalue weighted by atomic mass is 9.76. The molecule has 1 N–H and O–H groups in total. The van der Waals surface area contributed by atoms with Crippen LogP contribution in [0, 0.1) is 5.92 Å². The first-order valence-electron chi connectivity index (χ1n) is 7.46. The van der Waals surface area contributed by atoms with E-state index in [1.165, 1.54) is 36.8 Å². The molecular weight excluding hydrogens is 220 g/mol. The molecule has 0 saturated heterocycles. The van der Waals surface area contributed by atoms with Crippen LogP contribution in [-0.4, -0.2) is 10.7 Å². The van der Waals surface area contributed by atoms with E-state index in [-0.39, 0.29) is 5.60 Å². The lowest BCUT2D eigenvalue weighted by molar-refractivity contribution is 0.0265. The third-order valence-corrected chi connectivity index (χ3v) is 4.95. The Balaban J connectivity index is 1.78. The highest BCUT2D eigenvalue weighted by atomic mass is 16.3. The Morgan fingerprint density at radius 1 is 1.28 bits per heavy atom. The third kappa shape index (κ3) is 2.33. The van der Waals surface area contributed by atoms with Crippen molar-refractivity contribution in [3.8, 4) is 0 Å². The van der Waals surface area contributed by atoms with Gasteiger partial charge < -0.3 is 5.11 Å². The van der Waals surface area contributed by atoms with Crippen LogP contribution >= 0.6 is 0 Å². The molecule has 1 fully saturated rings. The zero-order valence-corrected chi connectivity index (χ0v) is 11.4. The van der Waals surface area contributed by atoms with Gasteiger partial charge in [-0.05, 0) is 67.9 Å². The van der Waals surface area contributed by atoms with Crippen molar-refractivity contribution in [2.45, 2.75) is 63.4 Å². The number of hydrogen-bond donors (Lipinski definition) is 1. The highest BCUT2D eigenvalue weighted by molar-refractivity contribution is 5.32. The molecule has 3 unspecified atom stereocenters. The molecule has 0 amide bonds. The molecule has 2 aliphatic rings. The van der Waals surface area contributed by atoms with E-state index in [0.29, 0.717) is 11.8 Å². The van der Waals surface area contributed by atoms with Crippen molar-refractivity contribution in [3.05, 3.63) is 35.4 Å². The van der Waals surface area contributed by atoms with Gasteiger partial charge in [0.2, 0.25) is 0 Å². The Morgan fingerprint density at radius 3 is 2.89 bits per heavy atom. The van der Waals surface area contributed by atoms with Crippen LogP contribution in [-0.2, 0) is 6.42 Å². The summed E-state index contributed by atoms with van der Waals surface area (Å²) in [6.07, 6.45) is 7.96. The molecule has 0 aliphatic heterocycles. The minimum absolute atomic E-state index is 0.380. The summed E-state index contributed by atoms with van der Waals surface area (Å²) in [6, 6.07) is 8.84. The van der Waals surface area contributed by atoms with E-state index in [1.807, 2.05) is 0 Å². The second-order valence-electron chi connectivity index (χ2n) is 6.56. The number of aliphatic hydroxyl groups is 1. The van der Waals surface area contributed by atoms with Crippen LogP contribution in [0.25, 0.3) is 0 Å². The molecule has 2 aliphatic carbocycles. The Morgan fingerprint density at radius 2 is 2.11 bits per heavy atom. The molecule has 0 heterocycles. The normalized spacial score (nSPS) is 35.4. The molecule has 1 nitrogen and oxygen atoms in total. The summed E-state index contributed by atoms with van der Waals surface area (Å²) in [6.45, 7) is 2.27. The summed E-state index contributed by atoms with van der Waals surface area (Å²) >= 11 is 0. The van der Waals surface area contributed by atoms with Gasteiger partial charge in [-0.25, -0.2) is 0 Å². The Labute approximate surface area is 110 Å². The molecule has 18 heavy (non-hydrogen) atoms. The minimum Gasteiger partial charge on any atom is -0.390 e. The first-order valence-corrected chi connectivity index (χ1v) is 7.46. The van der Waals surface area contributed by atoms with E-state index in [9.17, 15) is 5.11 Å². The van der Waals surface area contributed by atoms with Crippen LogP contribution in [0.1, 0.15) is 62.5 Å². The van der Waals surface area contributed by atoms with Crippen molar-refractivity contribution in [2.75, 3.05) is 0 Å². The van der Waals surface area contributed by atoms with Gasteiger partial charge in [-0.3, -0.25) is 0 Å². The van der Waals surface area contributed by atoms with Crippen molar-refractivity contribution in [2.24, 2.45) is 5.92 Å². The zero-order valence-electron chi connectivity index (χ0n) is 11.4. The van der Waals surface area contributed by atoms with Gasteiger partial charge in [0, 0.05) is 0 Å². The predicted octanol–water partition coefficient (Wildman–Crippen LogP) is 4.05. The SMILES string of the molecule is CC1CCC(O)(CC2CCCc3ccccc32)C1. The predicted molar refractivity (Wildman–Crippen MR) is 74.7 cm³/mol. The molecule has 0 spiro atoms. The van der Waals surface area contributed by atoms with Gasteiger partial charge in [-0.15, -0.1) is 0 Å². The molecule has 3 rings (SSSR count). The molecule has 0 bridgehead atoms. The van der Waals surface area contributed by atoms with E-state index in [1.54, 1.807) is 0 Å². The average Bonchev–Trinajstić information content (AvgIpc) is 2.70. The summed E-state index contributed by atoms with van der Waals surface area (Å²) < 4.78 is 0. The van der Waals surface area contributed by atoms with E-state index in [4.69, 9.17) is 0 Å². The van der Waals surface area contributed by atoms with Crippen molar-refractivity contribution in [1.82, 2.24) is 0 Å². The molecule has 0 radical (unpaired) electrons. The van der Waals surface area contributed by atoms with E-state index in [2.05, 4.69) is 31.2 Å². The fraction of sp³-hybridized carbons (Fsp3) is 0.647. The number of fused-ring (bicyclic) bond motifs is 1. The van der Waals surface area contributed by atoms with Gasteiger partial charge in [0.25, 0.3) is 0 Å². The lowest BCUT2D eigenvalue weighted by Crippen LogP contribution is -2.28. The molecule has 1 aromatic rings. The average molecular weight is 244 g/mol. The fourth-order valence-corrected chi connectivity index (χ4v) is 4.08. The molecule has 1 saturated carbocycles. The van der Waals surface area contributed by atoms with E-state index < -0.39 is 0 Å². The smallest absolute Gasteiger partial charge is 0.0656 e. The van der Waals surface area contributed by atoms with Crippen LogP contribution in [0.5, 0.6) is 0 Å².